The molecule has 4 aromatic rings. The Kier molecular flexibility index (Phi) is 8.92. The number of aryl methyl sites for hydroxylation is 2. The smallest absolute Gasteiger partial charge is 0.237 e. The van der Waals surface area contributed by atoms with Crippen molar-refractivity contribution in [3.63, 3.8) is 0 Å². The van der Waals surface area contributed by atoms with E-state index in [0.29, 0.717) is 39.5 Å². The molecule has 41 heavy (non-hydrogen) atoms. The lowest BCUT2D eigenvalue weighted by atomic mass is 10.0. The number of methoxy groups -OCH3 is 2. The fourth-order valence-corrected chi connectivity index (χ4v) is 5.02. The summed E-state index contributed by atoms with van der Waals surface area (Å²) >= 11 is 0. The highest BCUT2D eigenvalue weighted by Crippen LogP contribution is 2.36. The highest BCUT2D eigenvalue weighted by molar-refractivity contribution is 7.85. The zero-order valence-electron chi connectivity index (χ0n) is 22.8. The van der Waals surface area contributed by atoms with Gasteiger partial charge in [0.2, 0.25) is 11.1 Å². The van der Waals surface area contributed by atoms with E-state index in [2.05, 4.69) is 20.6 Å². The number of allylic oxidation sites excluding steroid dienone is 1. The zero-order chi connectivity index (χ0) is 29.5. The van der Waals surface area contributed by atoms with Gasteiger partial charge >= 0.3 is 0 Å². The first-order valence-corrected chi connectivity index (χ1v) is 13.6. The van der Waals surface area contributed by atoms with Gasteiger partial charge < -0.3 is 20.1 Å². The fraction of sp³-hybridized carbons (Fsp3) is 0.167. The van der Waals surface area contributed by atoms with Gasteiger partial charge in [0, 0.05) is 28.9 Å². The van der Waals surface area contributed by atoms with E-state index >= 15 is 0 Å². The van der Waals surface area contributed by atoms with Crippen LogP contribution in [-0.4, -0.2) is 40.1 Å². The van der Waals surface area contributed by atoms with Crippen LogP contribution in [0.3, 0.4) is 0 Å². The number of nitrogens with zero attached hydrogens (tertiary/aromatic N) is 4. The maximum absolute atomic E-state index is 13.3. The average molecular weight is 567 g/mol. The van der Waals surface area contributed by atoms with Gasteiger partial charge in [-0.05, 0) is 79.1 Å². The van der Waals surface area contributed by atoms with Crippen LogP contribution in [0.2, 0.25) is 0 Å². The van der Waals surface area contributed by atoms with Crippen LogP contribution in [0.5, 0.6) is 11.5 Å². The summed E-state index contributed by atoms with van der Waals surface area (Å²) in [7, 11) is 1.14. The van der Waals surface area contributed by atoms with Crippen molar-refractivity contribution in [2.75, 3.05) is 30.6 Å². The van der Waals surface area contributed by atoms with Crippen LogP contribution in [0.1, 0.15) is 22.3 Å². The van der Waals surface area contributed by atoms with Crippen LogP contribution in [0.25, 0.3) is 17.0 Å². The molecule has 0 bridgehead atoms. The van der Waals surface area contributed by atoms with Gasteiger partial charge in [-0.1, -0.05) is 0 Å². The van der Waals surface area contributed by atoms with Gasteiger partial charge in [0.25, 0.3) is 0 Å². The minimum absolute atomic E-state index is 0.0360. The molecule has 0 fully saturated rings. The Morgan fingerprint density at radius 3 is 2.27 bits per heavy atom. The van der Waals surface area contributed by atoms with E-state index in [1.165, 1.54) is 20.3 Å². The predicted molar refractivity (Wildman–Crippen MR) is 158 cm³/mol. The largest absolute Gasteiger partial charge is 0.493 e. The standard InChI is InChI=1S/C30H26N6O4S/c1-18-12-21(6-5-11-31)13-19(2)28(18)35-29-23-14-25(39-3)26(40-4)15-24(23)34-30(36-29)41(38)17-27(37)33-22-9-7-20(16-32)8-10-22/h5-10,12-15H,17H2,1-4H3,(H,33,37)(H,34,35,36)/b6-5+. The lowest BCUT2D eigenvalue weighted by Gasteiger charge is -2.17. The van der Waals surface area contributed by atoms with E-state index in [1.807, 2.05) is 38.1 Å². The summed E-state index contributed by atoms with van der Waals surface area (Å²) in [6.07, 6.45) is 3.14. The van der Waals surface area contributed by atoms with Crippen LogP contribution in [-0.2, 0) is 15.6 Å². The molecule has 1 atom stereocenters. The third-order valence-electron chi connectivity index (χ3n) is 6.09. The molecule has 3 aromatic carbocycles. The van der Waals surface area contributed by atoms with E-state index in [-0.39, 0.29) is 10.9 Å². The second-order valence-corrected chi connectivity index (χ2v) is 10.3. The maximum atomic E-state index is 13.3. The number of hydrogen-bond donors (Lipinski definition) is 2. The molecule has 10 nitrogen and oxygen atoms in total. The van der Waals surface area contributed by atoms with Crippen molar-refractivity contribution in [2.45, 2.75) is 19.0 Å². The number of fused-ring (bicyclic) bond motifs is 1. The number of rotatable bonds is 9. The van der Waals surface area contributed by atoms with E-state index in [1.54, 1.807) is 42.5 Å². The van der Waals surface area contributed by atoms with Gasteiger partial charge in [0.1, 0.15) is 22.4 Å². The van der Waals surface area contributed by atoms with Crippen LogP contribution in [0, 0.1) is 36.5 Å². The molecular weight excluding hydrogens is 540 g/mol. The summed E-state index contributed by atoms with van der Waals surface area (Å²) in [5.74, 6) is 0.397. The Labute approximate surface area is 239 Å². The van der Waals surface area contributed by atoms with Crippen LogP contribution >= 0.6 is 0 Å². The molecule has 1 amide bonds. The normalized spacial score (nSPS) is 11.5. The van der Waals surface area contributed by atoms with Gasteiger partial charge in [-0.2, -0.15) is 10.5 Å². The third-order valence-corrected chi connectivity index (χ3v) is 7.21. The average Bonchev–Trinajstić information content (AvgIpc) is 2.97. The lowest BCUT2D eigenvalue weighted by molar-refractivity contribution is -0.113. The molecule has 0 radical (unpaired) electrons. The first-order valence-electron chi connectivity index (χ1n) is 12.3. The Morgan fingerprint density at radius 2 is 1.66 bits per heavy atom. The summed E-state index contributed by atoms with van der Waals surface area (Å²) in [5.41, 5.74) is 4.84. The minimum atomic E-state index is -1.89. The molecular formula is C30H26N6O4S. The Balaban J connectivity index is 1.72. The molecule has 0 aliphatic carbocycles. The SMILES string of the molecule is COc1cc2nc(S(=O)CC(=O)Nc3ccc(C#N)cc3)nc(Nc3c(C)cc(/C=C/C#N)cc3C)c2cc1OC. The Hall–Kier alpha value is -5.26. The number of hydrogen-bond acceptors (Lipinski definition) is 9. The van der Waals surface area contributed by atoms with Gasteiger partial charge in [0.15, 0.2) is 11.5 Å². The minimum Gasteiger partial charge on any atom is -0.493 e. The van der Waals surface area contributed by atoms with Gasteiger partial charge in [0.05, 0.1) is 37.4 Å². The van der Waals surface area contributed by atoms with Crippen LogP contribution < -0.4 is 20.1 Å². The summed E-state index contributed by atoms with van der Waals surface area (Å²) in [5, 5.41) is 24.4. The number of nitrogens with one attached hydrogen (secondary N) is 2. The Morgan fingerprint density at radius 1 is 1.00 bits per heavy atom. The van der Waals surface area contributed by atoms with Gasteiger partial charge in [-0.25, -0.2) is 9.97 Å². The number of aromatic nitrogens is 2. The number of ether oxygens (including phenoxy) is 2. The van der Waals surface area contributed by atoms with E-state index in [4.69, 9.17) is 20.0 Å². The second-order valence-electron chi connectivity index (χ2n) is 8.92. The third kappa shape index (κ3) is 6.67. The van der Waals surface area contributed by atoms with Crippen LogP contribution in [0.4, 0.5) is 17.2 Å². The molecule has 0 saturated carbocycles. The molecule has 0 aliphatic heterocycles. The maximum Gasteiger partial charge on any atom is 0.237 e. The predicted octanol–water partition coefficient (Wildman–Crippen LogP) is 5.16. The summed E-state index contributed by atoms with van der Waals surface area (Å²) in [6.45, 7) is 3.86. The summed E-state index contributed by atoms with van der Waals surface area (Å²) < 4.78 is 24.2. The van der Waals surface area contributed by atoms with E-state index in [0.717, 1.165) is 22.4 Å². The summed E-state index contributed by atoms with van der Waals surface area (Å²) in [4.78, 5) is 21.7. The second kappa shape index (κ2) is 12.7. The van der Waals surface area contributed by atoms with E-state index in [9.17, 15) is 9.00 Å². The topological polar surface area (TPSA) is 150 Å². The number of carbonyl (C=O) groups is 1. The van der Waals surface area contributed by atoms with Crippen LogP contribution in [0.15, 0.2) is 59.8 Å². The lowest BCUT2D eigenvalue weighted by Crippen LogP contribution is -2.20. The molecule has 1 heterocycles. The number of amides is 1. The monoisotopic (exact) mass is 566 g/mol. The van der Waals surface area contributed by atoms with Crippen molar-refractivity contribution in [1.82, 2.24) is 9.97 Å². The molecule has 1 unspecified atom stereocenters. The molecule has 2 N–H and O–H groups in total. The molecule has 11 heteroatoms. The zero-order valence-corrected chi connectivity index (χ0v) is 23.6. The van der Waals surface area contributed by atoms with Crippen molar-refractivity contribution in [2.24, 2.45) is 0 Å². The van der Waals surface area contributed by atoms with Gasteiger partial charge in [-0.3, -0.25) is 9.00 Å². The molecule has 206 valence electrons. The summed E-state index contributed by atoms with van der Waals surface area (Å²) in [6, 6.07) is 17.6. The number of benzene rings is 3. The van der Waals surface area contributed by atoms with Crippen molar-refractivity contribution < 1.29 is 18.5 Å². The first kappa shape index (κ1) is 28.7. The molecule has 4 rings (SSSR count). The van der Waals surface area contributed by atoms with Crippen molar-refractivity contribution in [3.05, 3.63) is 76.9 Å². The highest BCUT2D eigenvalue weighted by Gasteiger charge is 2.20. The van der Waals surface area contributed by atoms with Crippen molar-refractivity contribution in [1.29, 1.82) is 10.5 Å². The number of carbonyl (C=O) groups excluding carboxylic acids is 1. The highest BCUT2D eigenvalue weighted by atomic mass is 32.2. The van der Waals surface area contributed by atoms with Crippen molar-refractivity contribution in [3.8, 4) is 23.6 Å². The van der Waals surface area contributed by atoms with E-state index < -0.39 is 16.7 Å². The number of nitriles is 2. The Bertz CT molecular complexity index is 1750. The number of anilines is 3. The molecule has 0 spiro atoms. The first-order chi connectivity index (χ1) is 19.8. The molecule has 0 saturated heterocycles. The quantitative estimate of drug-likeness (QED) is 0.207. The molecule has 0 aliphatic rings. The van der Waals surface area contributed by atoms with Crippen molar-refractivity contribution >= 4 is 50.9 Å². The molecule has 1 aromatic heterocycles. The fourth-order valence-electron chi connectivity index (χ4n) is 4.18. The van der Waals surface area contributed by atoms with Gasteiger partial charge in [-0.15, -0.1) is 0 Å².